The van der Waals surface area contributed by atoms with E-state index >= 15 is 0 Å². The number of allylic oxidation sites excluding steroid dienone is 2. The Morgan fingerprint density at radius 2 is 1.80 bits per heavy atom. The first-order valence-corrected chi connectivity index (χ1v) is 13.8. The van der Waals surface area contributed by atoms with Gasteiger partial charge >= 0.3 is 0 Å². The van der Waals surface area contributed by atoms with Gasteiger partial charge in [0, 0.05) is 31.4 Å². The highest BCUT2D eigenvalue weighted by atomic mass is 16.1. The molecule has 1 heterocycles. The van der Waals surface area contributed by atoms with Crippen LogP contribution in [0.15, 0.2) is 42.5 Å². The molecule has 5 aliphatic carbocycles. The highest BCUT2D eigenvalue weighted by Gasteiger charge is 2.51. The highest BCUT2D eigenvalue weighted by Crippen LogP contribution is 2.61. The van der Waals surface area contributed by atoms with Crippen LogP contribution in [0, 0.1) is 35.6 Å². The Bertz CT molecular complexity index is 1060. The summed E-state index contributed by atoms with van der Waals surface area (Å²) in [4.78, 5) is 18.0. The van der Waals surface area contributed by atoms with Crippen LogP contribution < -0.4 is 16.0 Å². The Morgan fingerprint density at radius 1 is 1.00 bits per heavy atom. The molecule has 5 nitrogen and oxygen atoms in total. The van der Waals surface area contributed by atoms with E-state index in [1.54, 1.807) is 0 Å². The zero-order valence-electron chi connectivity index (χ0n) is 20.8. The number of benzene rings is 1. The second kappa shape index (κ2) is 9.93. The van der Waals surface area contributed by atoms with Crippen LogP contribution in [-0.2, 0) is 4.79 Å². The van der Waals surface area contributed by atoms with E-state index in [9.17, 15) is 4.79 Å². The van der Waals surface area contributed by atoms with Crippen molar-refractivity contribution >= 4 is 28.3 Å². The minimum absolute atomic E-state index is 0.178. The topological polar surface area (TPSA) is 66.0 Å². The number of aromatic nitrogens is 1. The van der Waals surface area contributed by atoms with Crippen LogP contribution in [0.1, 0.15) is 64.2 Å². The van der Waals surface area contributed by atoms with Crippen molar-refractivity contribution in [1.29, 1.82) is 0 Å². The quantitative estimate of drug-likeness (QED) is 0.297. The molecule has 3 N–H and O–H groups in total. The molecule has 0 spiro atoms. The zero-order chi connectivity index (χ0) is 23.7. The Balaban J connectivity index is 1.03. The van der Waals surface area contributed by atoms with Crippen molar-refractivity contribution in [2.75, 3.05) is 23.7 Å². The number of anilines is 2. The SMILES string of the molecule is O=C(CC12CC3CC(CC(C3)C1)C2)Nc1cccc2nc(NCCN[CH]C3CC=CCC3)ccc12. The van der Waals surface area contributed by atoms with Gasteiger partial charge in [-0.25, -0.2) is 4.98 Å². The molecule has 185 valence electrons. The number of pyridine rings is 1. The Kier molecular flexibility index (Phi) is 6.53. The Morgan fingerprint density at radius 3 is 2.54 bits per heavy atom. The molecule has 5 heteroatoms. The highest BCUT2D eigenvalue weighted by molar-refractivity contribution is 6.01. The summed E-state index contributed by atoms with van der Waals surface area (Å²) in [5.74, 6) is 4.32. The van der Waals surface area contributed by atoms with Crippen LogP contribution >= 0.6 is 0 Å². The standard InChI is InChI=1S/C30H39N4O/c35-29(19-30-16-22-13-23(17-30)15-24(14-22)18-30)34-27-8-4-7-26-25(27)9-10-28(33-26)32-12-11-31-20-21-5-2-1-3-6-21/h1-2,4,7-10,20-24,31H,3,5-6,11-19H2,(H,32,33)(H,34,35). The summed E-state index contributed by atoms with van der Waals surface area (Å²) in [6, 6.07) is 10.1. The van der Waals surface area contributed by atoms with Crippen LogP contribution in [0.25, 0.3) is 10.9 Å². The van der Waals surface area contributed by atoms with E-state index in [2.05, 4.69) is 40.7 Å². The molecule has 35 heavy (non-hydrogen) atoms. The predicted molar refractivity (Wildman–Crippen MR) is 143 cm³/mol. The van der Waals surface area contributed by atoms with Crippen molar-refractivity contribution < 1.29 is 4.79 Å². The van der Waals surface area contributed by atoms with Crippen LogP contribution in [0.5, 0.6) is 0 Å². The number of hydrogen-bond donors (Lipinski definition) is 3. The van der Waals surface area contributed by atoms with Crippen molar-refractivity contribution in [3.05, 3.63) is 49.0 Å². The maximum atomic E-state index is 13.2. The Labute approximate surface area is 209 Å². The number of nitrogens with zero attached hydrogens (tertiary/aromatic N) is 1. The monoisotopic (exact) mass is 471 g/mol. The summed E-state index contributed by atoms with van der Waals surface area (Å²) < 4.78 is 0. The van der Waals surface area contributed by atoms with Crippen LogP contribution in [0.3, 0.4) is 0 Å². The van der Waals surface area contributed by atoms with Crippen molar-refractivity contribution in [2.45, 2.75) is 64.2 Å². The second-order valence-electron chi connectivity index (χ2n) is 11.8. The van der Waals surface area contributed by atoms with Gasteiger partial charge in [0.15, 0.2) is 0 Å². The first-order valence-electron chi connectivity index (χ1n) is 13.8. The van der Waals surface area contributed by atoms with Gasteiger partial charge in [0.05, 0.1) is 11.2 Å². The van der Waals surface area contributed by atoms with E-state index < -0.39 is 0 Å². The lowest BCUT2D eigenvalue weighted by Crippen LogP contribution is -2.47. The minimum Gasteiger partial charge on any atom is -0.369 e. The van der Waals surface area contributed by atoms with Gasteiger partial charge in [-0.1, -0.05) is 18.2 Å². The third kappa shape index (κ3) is 5.25. The number of amides is 1. The average Bonchev–Trinajstić information content (AvgIpc) is 2.83. The van der Waals surface area contributed by atoms with Crippen molar-refractivity contribution in [1.82, 2.24) is 10.3 Å². The Hall–Kier alpha value is -2.40. The number of nitrogens with one attached hydrogen (secondary N) is 3. The number of hydrogen-bond acceptors (Lipinski definition) is 4. The first-order chi connectivity index (χ1) is 17.1. The second-order valence-corrected chi connectivity index (χ2v) is 11.8. The van der Waals surface area contributed by atoms with E-state index in [-0.39, 0.29) is 11.3 Å². The molecule has 5 aliphatic rings. The van der Waals surface area contributed by atoms with Crippen molar-refractivity contribution in [2.24, 2.45) is 29.1 Å². The predicted octanol–water partition coefficient (Wildman–Crippen LogP) is 6.30. The van der Waals surface area contributed by atoms with Crippen LogP contribution in [-0.4, -0.2) is 24.0 Å². The largest absolute Gasteiger partial charge is 0.369 e. The number of carbonyl (C=O) groups excluding carboxylic acids is 1. The molecule has 4 fully saturated rings. The number of fused-ring (bicyclic) bond motifs is 1. The summed E-state index contributed by atoms with van der Waals surface area (Å²) in [5.41, 5.74) is 2.06. The molecule has 1 atom stereocenters. The van der Waals surface area contributed by atoms with Crippen molar-refractivity contribution in [3.8, 4) is 0 Å². The fourth-order valence-corrected chi connectivity index (χ4v) is 7.89. The van der Waals surface area contributed by atoms with E-state index in [1.807, 2.05) is 24.3 Å². The lowest BCUT2D eigenvalue weighted by molar-refractivity contribution is -0.124. The van der Waals surface area contributed by atoms with E-state index in [0.29, 0.717) is 12.3 Å². The van der Waals surface area contributed by atoms with Gasteiger partial charge in [0.2, 0.25) is 5.91 Å². The fourth-order valence-electron chi connectivity index (χ4n) is 7.89. The van der Waals surface area contributed by atoms with Gasteiger partial charge in [0.25, 0.3) is 0 Å². The van der Waals surface area contributed by atoms with Crippen LogP contribution in [0.4, 0.5) is 11.5 Å². The molecule has 1 unspecified atom stereocenters. The fraction of sp³-hybridized carbons (Fsp3) is 0.567. The molecule has 1 radical (unpaired) electrons. The molecule has 7 rings (SSSR count). The first kappa shape index (κ1) is 23.0. The average molecular weight is 472 g/mol. The molecule has 4 saturated carbocycles. The summed E-state index contributed by atoms with van der Waals surface area (Å²) in [5, 5.41) is 11.1. The van der Waals surface area contributed by atoms with Gasteiger partial charge in [-0.2, -0.15) is 0 Å². The molecule has 1 amide bonds. The van der Waals surface area contributed by atoms with Crippen LogP contribution in [0.2, 0.25) is 0 Å². The smallest absolute Gasteiger partial charge is 0.224 e. The summed E-state index contributed by atoms with van der Waals surface area (Å²) in [6.07, 6.45) is 16.9. The maximum Gasteiger partial charge on any atom is 0.224 e. The van der Waals surface area contributed by atoms with E-state index in [0.717, 1.165) is 59.7 Å². The molecular formula is C30H39N4O. The number of carbonyl (C=O) groups is 1. The zero-order valence-corrected chi connectivity index (χ0v) is 20.8. The molecule has 0 saturated heterocycles. The molecule has 1 aromatic carbocycles. The summed E-state index contributed by atoms with van der Waals surface area (Å²) in [6.45, 7) is 3.94. The lowest BCUT2D eigenvalue weighted by atomic mass is 9.49. The van der Waals surface area contributed by atoms with E-state index in [4.69, 9.17) is 4.98 Å². The normalized spacial score (nSPS) is 31.1. The van der Waals surface area contributed by atoms with Gasteiger partial charge in [0.1, 0.15) is 5.82 Å². The molecule has 1 aromatic heterocycles. The van der Waals surface area contributed by atoms with Gasteiger partial charge in [-0.3, -0.25) is 4.79 Å². The lowest BCUT2D eigenvalue weighted by Gasteiger charge is -2.56. The number of rotatable bonds is 9. The summed E-state index contributed by atoms with van der Waals surface area (Å²) in [7, 11) is 0. The molecule has 2 aromatic rings. The van der Waals surface area contributed by atoms with E-state index in [1.165, 1.54) is 51.4 Å². The minimum atomic E-state index is 0.178. The van der Waals surface area contributed by atoms with Gasteiger partial charge < -0.3 is 16.0 Å². The van der Waals surface area contributed by atoms with Gasteiger partial charge in [-0.15, -0.1) is 0 Å². The summed E-state index contributed by atoms with van der Waals surface area (Å²) >= 11 is 0. The van der Waals surface area contributed by atoms with Gasteiger partial charge in [-0.05, 0) is 111 Å². The molecule has 4 bridgehead atoms. The third-order valence-electron chi connectivity index (χ3n) is 8.95. The van der Waals surface area contributed by atoms with Crippen molar-refractivity contribution in [3.63, 3.8) is 0 Å². The molecular weight excluding hydrogens is 432 g/mol. The maximum absolute atomic E-state index is 13.2. The molecule has 0 aliphatic heterocycles. The third-order valence-corrected chi connectivity index (χ3v) is 8.95.